The Kier molecular flexibility index (Phi) is 6.34. The first kappa shape index (κ1) is 20.0. The molecule has 1 aromatic carbocycles. The third kappa shape index (κ3) is 5.01. The highest BCUT2D eigenvalue weighted by Gasteiger charge is 2.23. The van der Waals surface area contributed by atoms with Gasteiger partial charge in [0.15, 0.2) is 23.0 Å². The Morgan fingerprint density at radius 2 is 1.97 bits per heavy atom. The summed E-state index contributed by atoms with van der Waals surface area (Å²) in [7, 11) is 0. The third-order valence-electron chi connectivity index (χ3n) is 4.97. The van der Waals surface area contributed by atoms with Crippen LogP contribution < -0.4 is 4.74 Å². The van der Waals surface area contributed by atoms with Crippen LogP contribution in [0.2, 0.25) is 0 Å². The highest BCUT2D eigenvalue weighted by molar-refractivity contribution is 5.92. The van der Waals surface area contributed by atoms with Crippen LogP contribution in [0.25, 0.3) is 0 Å². The van der Waals surface area contributed by atoms with E-state index in [9.17, 15) is 9.18 Å². The molecule has 8 heteroatoms. The summed E-state index contributed by atoms with van der Waals surface area (Å²) in [6.45, 7) is 3.71. The van der Waals surface area contributed by atoms with E-state index in [0.29, 0.717) is 18.8 Å². The summed E-state index contributed by atoms with van der Waals surface area (Å²) in [6.07, 6.45) is 2.67. The van der Waals surface area contributed by atoms with Crippen molar-refractivity contribution in [2.75, 3.05) is 26.2 Å². The molecule has 0 N–H and O–H groups in total. The molecular formula is C22H23FN4O3. The molecule has 1 aliphatic heterocycles. The largest absolute Gasteiger partial charge is 0.482 e. The molecular weight excluding hydrogens is 387 g/mol. The van der Waals surface area contributed by atoms with Gasteiger partial charge in [0.1, 0.15) is 6.61 Å². The molecule has 1 saturated heterocycles. The van der Waals surface area contributed by atoms with Crippen LogP contribution in [0, 0.1) is 5.82 Å². The van der Waals surface area contributed by atoms with Crippen molar-refractivity contribution in [3.63, 3.8) is 0 Å². The van der Waals surface area contributed by atoms with E-state index in [1.807, 2.05) is 18.2 Å². The number of pyridine rings is 1. The van der Waals surface area contributed by atoms with Crippen molar-refractivity contribution >= 4 is 5.91 Å². The lowest BCUT2D eigenvalue weighted by Gasteiger charge is -2.21. The number of carbonyl (C=O) groups excluding carboxylic acids is 1. The summed E-state index contributed by atoms with van der Waals surface area (Å²) in [5.74, 6) is -0.126. The number of nitrogens with zero attached hydrogens (tertiary/aromatic N) is 4. The van der Waals surface area contributed by atoms with Crippen molar-refractivity contribution in [3.8, 4) is 5.75 Å². The summed E-state index contributed by atoms with van der Waals surface area (Å²) < 4.78 is 24.2. The fourth-order valence-electron chi connectivity index (χ4n) is 3.41. The summed E-state index contributed by atoms with van der Waals surface area (Å²) in [5.41, 5.74) is 1.26. The van der Waals surface area contributed by atoms with Gasteiger partial charge in [0.05, 0.1) is 5.69 Å². The van der Waals surface area contributed by atoms with E-state index >= 15 is 0 Å². The van der Waals surface area contributed by atoms with Gasteiger partial charge in [-0.15, -0.1) is 0 Å². The zero-order valence-corrected chi connectivity index (χ0v) is 16.5. The number of rotatable bonds is 6. The van der Waals surface area contributed by atoms with E-state index in [2.05, 4.69) is 15.0 Å². The standard InChI is InChI=1S/C22H23FN4O3/c23-19-7-1-2-8-21(19)29-16-18-14-20(25-30-18)22(28)27-11-5-10-26(12-13-27)15-17-6-3-4-9-24-17/h1-4,6-9,14H,5,10-13,15-16H2. The lowest BCUT2D eigenvalue weighted by molar-refractivity contribution is 0.0750. The second-order valence-corrected chi connectivity index (χ2v) is 7.14. The fraction of sp³-hybridized carbons (Fsp3) is 0.318. The lowest BCUT2D eigenvalue weighted by Crippen LogP contribution is -2.35. The van der Waals surface area contributed by atoms with Crippen molar-refractivity contribution < 1.29 is 18.4 Å². The number of amides is 1. The van der Waals surface area contributed by atoms with Gasteiger partial charge in [0.25, 0.3) is 5.91 Å². The van der Waals surface area contributed by atoms with Crippen LogP contribution in [0.4, 0.5) is 4.39 Å². The van der Waals surface area contributed by atoms with Gasteiger partial charge in [-0.3, -0.25) is 14.7 Å². The van der Waals surface area contributed by atoms with E-state index in [0.717, 1.165) is 31.7 Å². The molecule has 0 radical (unpaired) electrons. The van der Waals surface area contributed by atoms with Gasteiger partial charge in [0, 0.05) is 45.0 Å². The maximum Gasteiger partial charge on any atom is 0.276 e. The second kappa shape index (κ2) is 9.49. The average molecular weight is 410 g/mol. The second-order valence-electron chi connectivity index (χ2n) is 7.14. The van der Waals surface area contributed by atoms with E-state index < -0.39 is 5.82 Å². The maximum absolute atomic E-state index is 13.6. The van der Waals surface area contributed by atoms with Gasteiger partial charge < -0.3 is 14.2 Å². The summed E-state index contributed by atoms with van der Waals surface area (Å²) in [4.78, 5) is 21.3. The van der Waals surface area contributed by atoms with Crippen LogP contribution in [-0.2, 0) is 13.2 Å². The lowest BCUT2D eigenvalue weighted by atomic mass is 10.3. The highest BCUT2D eigenvalue weighted by atomic mass is 19.1. The normalized spacial score (nSPS) is 15.0. The van der Waals surface area contributed by atoms with E-state index in [-0.39, 0.29) is 24.0 Å². The van der Waals surface area contributed by atoms with Gasteiger partial charge in [-0.1, -0.05) is 23.4 Å². The first-order valence-electron chi connectivity index (χ1n) is 9.93. The Labute approximate surface area is 174 Å². The van der Waals surface area contributed by atoms with Gasteiger partial charge in [-0.2, -0.15) is 0 Å². The van der Waals surface area contributed by atoms with Crippen molar-refractivity contribution in [1.29, 1.82) is 0 Å². The molecule has 0 spiro atoms. The number of halogens is 1. The first-order valence-corrected chi connectivity index (χ1v) is 9.93. The zero-order chi connectivity index (χ0) is 20.8. The van der Waals surface area contributed by atoms with Crippen molar-refractivity contribution in [2.24, 2.45) is 0 Å². The number of carbonyl (C=O) groups is 1. The molecule has 2 aromatic heterocycles. The number of hydrogen-bond acceptors (Lipinski definition) is 6. The summed E-state index contributed by atoms with van der Waals surface area (Å²) >= 11 is 0. The van der Waals surface area contributed by atoms with Crippen LogP contribution in [0.5, 0.6) is 5.75 Å². The number of benzene rings is 1. The number of para-hydroxylation sites is 1. The molecule has 0 saturated carbocycles. The van der Waals surface area contributed by atoms with Gasteiger partial charge in [-0.25, -0.2) is 4.39 Å². The molecule has 156 valence electrons. The summed E-state index contributed by atoms with van der Waals surface area (Å²) in [6, 6.07) is 13.6. The zero-order valence-electron chi connectivity index (χ0n) is 16.5. The van der Waals surface area contributed by atoms with Crippen LogP contribution >= 0.6 is 0 Å². The molecule has 0 bridgehead atoms. The summed E-state index contributed by atoms with van der Waals surface area (Å²) in [5, 5.41) is 3.88. The molecule has 1 fully saturated rings. The van der Waals surface area contributed by atoms with Gasteiger partial charge in [-0.05, 0) is 30.7 Å². The highest BCUT2D eigenvalue weighted by Crippen LogP contribution is 2.18. The predicted octanol–water partition coefficient (Wildman–Crippen LogP) is 3.14. The molecule has 0 unspecified atom stereocenters. The number of hydrogen-bond donors (Lipinski definition) is 0. The Balaban J connectivity index is 1.31. The fourth-order valence-corrected chi connectivity index (χ4v) is 3.41. The first-order chi connectivity index (χ1) is 14.7. The molecule has 0 aliphatic carbocycles. The minimum absolute atomic E-state index is 0.000926. The number of ether oxygens (including phenoxy) is 1. The molecule has 3 aromatic rings. The van der Waals surface area contributed by atoms with E-state index in [1.165, 1.54) is 12.1 Å². The predicted molar refractivity (Wildman–Crippen MR) is 107 cm³/mol. The van der Waals surface area contributed by atoms with Crippen LogP contribution in [0.1, 0.15) is 28.4 Å². The molecule has 7 nitrogen and oxygen atoms in total. The van der Waals surface area contributed by atoms with E-state index in [1.54, 1.807) is 29.3 Å². The minimum Gasteiger partial charge on any atom is -0.482 e. The smallest absolute Gasteiger partial charge is 0.276 e. The Morgan fingerprint density at radius 3 is 2.80 bits per heavy atom. The third-order valence-corrected chi connectivity index (χ3v) is 4.97. The van der Waals surface area contributed by atoms with Crippen LogP contribution in [-0.4, -0.2) is 52.0 Å². The van der Waals surface area contributed by atoms with Gasteiger partial charge >= 0.3 is 0 Å². The monoisotopic (exact) mass is 410 g/mol. The minimum atomic E-state index is -0.451. The molecule has 0 atom stereocenters. The Bertz CT molecular complexity index is 979. The maximum atomic E-state index is 13.6. The molecule has 30 heavy (non-hydrogen) atoms. The molecule has 3 heterocycles. The van der Waals surface area contributed by atoms with Crippen molar-refractivity contribution in [1.82, 2.24) is 19.9 Å². The van der Waals surface area contributed by atoms with Crippen LogP contribution in [0.15, 0.2) is 59.3 Å². The SMILES string of the molecule is O=C(c1cc(COc2ccccc2F)on1)N1CCCN(Cc2ccccn2)CC1. The van der Waals surface area contributed by atoms with Crippen molar-refractivity contribution in [3.05, 3.63) is 77.7 Å². The average Bonchev–Trinajstić information content (AvgIpc) is 3.12. The quantitative estimate of drug-likeness (QED) is 0.622. The molecule has 1 aliphatic rings. The molecule has 4 rings (SSSR count). The Morgan fingerprint density at radius 1 is 1.10 bits per heavy atom. The topological polar surface area (TPSA) is 71.7 Å². The van der Waals surface area contributed by atoms with Crippen molar-refractivity contribution in [2.45, 2.75) is 19.6 Å². The Hall–Kier alpha value is -3.26. The number of aromatic nitrogens is 2. The van der Waals surface area contributed by atoms with Crippen LogP contribution in [0.3, 0.4) is 0 Å². The van der Waals surface area contributed by atoms with Gasteiger partial charge in [0.2, 0.25) is 0 Å². The molecule has 1 amide bonds. The van der Waals surface area contributed by atoms with E-state index in [4.69, 9.17) is 9.26 Å².